The van der Waals surface area contributed by atoms with E-state index in [1.54, 1.807) is 6.07 Å². The van der Waals surface area contributed by atoms with Crippen LogP contribution in [0.1, 0.15) is 19.8 Å². The molecule has 1 aromatic heterocycles. The first kappa shape index (κ1) is 12.8. The fourth-order valence-electron chi connectivity index (χ4n) is 0.697. The molecule has 0 fully saturated rings. The van der Waals surface area contributed by atoms with Gasteiger partial charge in [0, 0.05) is 11.8 Å². The van der Waals surface area contributed by atoms with Crippen LogP contribution < -0.4 is 4.74 Å². The Morgan fingerprint density at radius 3 is 2.92 bits per heavy atom. The van der Waals surface area contributed by atoms with Crippen LogP contribution in [0.5, 0.6) is 5.75 Å². The van der Waals surface area contributed by atoms with Crippen molar-refractivity contribution in [1.82, 2.24) is 0 Å². The van der Waals surface area contributed by atoms with Crippen molar-refractivity contribution in [2.45, 2.75) is 19.8 Å². The second kappa shape index (κ2) is 7.23. The van der Waals surface area contributed by atoms with Crippen LogP contribution in [0.4, 0.5) is 0 Å². The van der Waals surface area contributed by atoms with Crippen molar-refractivity contribution in [3.8, 4) is 5.75 Å². The Kier molecular flexibility index (Phi) is 7.72. The summed E-state index contributed by atoms with van der Waals surface area (Å²) >= 11 is 1.52. The van der Waals surface area contributed by atoms with Crippen LogP contribution in [-0.2, 0) is 4.79 Å². The summed E-state index contributed by atoms with van der Waals surface area (Å²) in [6, 6.07) is 1.79. The summed E-state index contributed by atoms with van der Waals surface area (Å²) < 4.78 is 4.97. The Labute approximate surface area is 119 Å². The van der Waals surface area contributed by atoms with Crippen molar-refractivity contribution >= 4 is 68.7 Å². The van der Waals surface area contributed by atoms with Crippen molar-refractivity contribution in [2.75, 3.05) is 0 Å². The topological polar surface area (TPSA) is 26.3 Å². The van der Waals surface area contributed by atoms with E-state index < -0.39 is 0 Å². The van der Waals surface area contributed by atoms with Gasteiger partial charge in [-0.05, 0) is 17.9 Å². The first-order chi connectivity index (χ1) is 5.33. The van der Waals surface area contributed by atoms with Gasteiger partial charge in [0.2, 0.25) is 0 Å². The number of thiophene rings is 1. The van der Waals surface area contributed by atoms with E-state index in [1.807, 2.05) is 17.7 Å². The molecular formula is C8H11KO2S. The number of hydrogen-bond donors (Lipinski definition) is 0. The summed E-state index contributed by atoms with van der Waals surface area (Å²) in [7, 11) is 0. The molecule has 0 bridgehead atoms. The molecule has 1 aromatic rings. The minimum atomic E-state index is -0.147. The number of carbonyl (C=O) groups is 1. The third-order valence-electron chi connectivity index (χ3n) is 1.18. The number of carbonyl (C=O) groups excluding carboxylic acids is 1. The second-order valence-corrected chi connectivity index (χ2v) is 2.96. The van der Waals surface area contributed by atoms with Crippen LogP contribution in [0.25, 0.3) is 0 Å². The van der Waals surface area contributed by atoms with Gasteiger partial charge >= 0.3 is 57.4 Å². The Morgan fingerprint density at radius 2 is 2.42 bits per heavy atom. The van der Waals surface area contributed by atoms with Gasteiger partial charge in [-0.1, -0.05) is 6.92 Å². The van der Waals surface area contributed by atoms with Crippen molar-refractivity contribution in [3.63, 3.8) is 0 Å². The molecule has 0 aliphatic rings. The third kappa shape index (κ3) is 4.74. The molecule has 0 unspecified atom stereocenters. The summed E-state index contributed by atoms with van der Waals surface area (Å²) in [6.07, 6.45) is 1.33. The summed E-state index contributed by atoms with van der Waals surface area (Å²) in [5.74, 6) is 0.513. The van der Waals surface area contributed by atoms with Crippen molar-refractivity contribution in [3.05, 3.63) is 16.8 Å². The number of rotatable bonds is 3. The van der Waals surface area contributed by atoms with Crippen LogP contribution in [0, 0.1) is 0 Å². The minimum absolute atomic E-state index is 0. The van der Waals surface area contributed by atoms with E-state index in [9.17, 15) is 4.79 Å². The molecule has 4 heteroatoms. The molecule has 0 aliphatic heterocycles. The fraction of sp³-hybridized carbons (Fsp3) is 0.375. The van der Waals surface area contributed by atoms with E-state index in [2.05, 4.69) is 0 Å². The van der Waals surface area contributed by atoms with Crippen LogP contribution in [0.15, 0.2) is 16.8 Å². The molecule has 2 nitrogen and oxygen atoms in total. The third-order valence-corrected chi connectivity index (χ3v) is 1.84. The molecule has 12 heavy (non-hydrogen) atoms. The predicted octanol–water partition coefficient (Wildman–Crippen LogP) is 1.81. The van der Waals surface area contributed by atoms with E-state index in [0.717, 1.165) is 6.42 Å². The summed E-state index contributed by atoms with van der Waals surface area (Å²) in [5, 5.41) is 3.70. The Hall–Kier alpha value is 0.806. The van der Waals surface area contributed by atoms with Gasteiger partial charge in [-0.3, -0.25) is 4.79 Å². The number of esters is 1. The number of hydrogen-bond acceptors (Lipinski definition) is 3. The Morgan fingerprint density at radius 1 is 1.67 bits per heavy atom. The first-order valence-electron chi connectivity index (χ1n) is 3.56. The molecule has 0 saturated heterocycles. The molecule has 0 N–H and O–H groups in total. The van der Waals surface area contributed by atoms with Crippen LogP contribution in [0.3, 0.4) is 0 Å². The van der Waals surface area contributed by atoms with E-state index >= 15 is 0 Å². The standard InChI is InChI=1S/C8H10O2S.K.H/c1-2-3-8(9)10-7-4-5-11-6-7;;/h4-6H,2-3H2,1H3;;. The molecule has 0 saturated carbocycles. The average Bonchev–Trinajstić information content (AvgIpc) is 2.40. The Bertz CT molecular complexity index is 221. The summed E-state index contributed by atoms with van der Waals surface area (Å²) in [5.41, 5.74) is 0. The van der Waals surface area contributed by atoms with Crippen LogP contribution in [-0.4, -0.2) is 57.4 Å². The fourth-order valence-corrected chi connectivity index (χ4v) is 1.25. The van der Waals surface area contributed by atoms with Crippen molar-refractivity contribution < 1.29 is 9.53 Å². The maximum atomic E-state index is 10.9. The molecule has 0 amide bonds. The monoisotopic (exact) mass is 210 g/mol. The van der Waals surface area contributed by atoms with Crippen molar-refractivity contribution in [1.29, 1.82) is 0 Å². The molecule has 0 aliphatic carbocycles. The molecule has 0 atom stereocenters. The van der Waals surface area contributed by atoms with Gasteiger partial charge in [0.05, 0.1) is 0 Å². The molecular weight excluding hydrogens is 199 g/mol. The van der Waals surface area contributed by atoms with Gasteiger partial charge in [-0.25, -0.2) is 0 Å². The molecule has 62 valence electrons. The van der Waals surface area contributed by atoms with Crippen LogP contribution in [0.2, 0.25) is 0 Å². The molecule has 0 aromatic carbocycles. The average molecular weight is 210 g/mol. The zero-order valence-electron chi connectivity index (χ0n) is 6.37. The molecule has 1 heterocycles. The first-order valence-corrected chi connectivity index (χ1v) is 4.50. The zero-order chi connectivity index (χ0) is 8.10. The van der Waals surface area contributed by atoms with Gasteiger partial charge in [0.15, 0.2) is 0 Å². The summed E-state index contributed by atoms with van der Waals surface area (Å²) in [6.45, 7) is 1.95. The quantitative estimate of drug-likeness (QED) is 0.562. The predicted molar refractivity (Wildman–Crippen MR) is 52.0 cm³/mol. The maximum absolute atomic E-state index is 10.9. The van der Waals surface area contributed by atoms with Gasteiger partial charge in [-0.15, -0.1) is 11.3 Å². The van der Waals surface area contributed by atoms with E-state index in [-0.39, 0.29) is 57.4 Å². The van der Waals surface area contributed by atoms with E-state index in [4.69, 9.17) is 4.74 Å². The molecule has 0 radical (unpaired) electrons. The van der Waals surface area contributed by atoms with Crippen molar-refractivity contribution in [2.24, 2.45) is 0 Å². The van der Waals surface area contributed by atoms with Gasteiger partial charge in [0.25, 0.3) is 0 Å². The van der Waals surface area contributed by atoms with Gasteiger partial charge in [0.1, 0.15) is 5.75 Å². The Balaban J connectivity index is 0.00000121. The zero-order valence-corrected chi connectivity index (χ0v) is 7.19. The normalized spacial score (nSPS) is 8.75. The second-order valence-electron chi connectivity index (χ2n) is 2.18. The van der Waals surface area contributed by atoms with Gasteiger partial charge in [-0.2, -0.15) is 0 Å². The molecule has 1 rings (SSSR count). The van der Waals surface area contributed by atoms with Gasteiger partial charge < -0.3 is 4.74 Å². The van der Waals surface area contributed by atoms with E-state index in [1.165, 1.54) is 11.3 Å². The number of ether oxygens (including phenoxy) is 1. The summed E-state index contributed by atoms with van der Waals surface area (Å²) in [4.78, 5) is 10.9. The SMILES string of the molecule is CCCC(=O)Oc1ccsc1.[KH]. The molecule has 0 spiro atoms. The van der Waals surface area contributed by atoms with Crippen LogP contribution >= 0.6 is 11.3 Å². The van der Waals surface area contributed by atoms with E-state index in [0.29, 0.717) is 12.2 Å².